The number of para-hydroxylation sites is 1. The molecule has 0 radical (unpaired) electrons. The lowest BCUT2D eigenvalue weighted by Gasteiger charge is -2.03. The van der Waals surface area contributed by atoms with Crippen molar-refractivity contribution in [1.29, 1.82) is 0 Å². The number of aromatic nitrogens is 2. The Morgan fingerprint density at radius 2 is 1.86 bits per heavy atom. The molecule has 0 aliphatic carbocycles. The Labute approximate surface area is 128 Å². The summed E-state index contributed by atoms with van der Waals surface area (Å²) < 4.78 is 7.18. The number of benzene rings is 1. The highest BCUT2D eigenvalue weighted by Gasteiger charge is 2.15. The van der Waals surface area contributed by atoms with Crippen LogP contribution in [0.4, 0.5) is 5.82 Å². The lowest BCUT2D eigenvalue weighted by Crippen LogP contribution is -2.12. The Morgan fingerprint density at radius 1 is 1.14 bits per heavy atom. The first-order valence-corrected chi connectivity index (χ1v) is 7.05. The van der Waals surface area contributed by atoms with Gasteiger partial charge in [0.2, 0.25) is 0 Å². The predicted octanol–water partition coefficient (Wildman–Crippen LogP) is 3.64. The molecule has 3 rings (SSSR count). The third kappa shape index (κ3) is 2.65. The molecule has 1 aromatic carbocycles. The van der Waals surface area contributed by atoms with E-state index >= 15 is 0 Å². The van der Waals surface area contributed by atoms with Crippen LogP contribution in [0.1, 0.15) is 27.6 Å². The number of carbonyl (C=O) groups excluding carboxylic acids is 1. The van der Waals surface area contributed by atoms with Crippen LogP contribution < -0.4 is 5.32 Å². The van der Waals surface area contributed by atoms with E-state index in [9.17, 15) is 4.79 Å². The van der Waals surface area contributed by atoms with Crippen molar-refractivity contribution in [2.75, 3.05) is 5.32 Å². The predicted molar refractivity (Wildman–Crippen MR) is 84.4 cm³/mol. The summed E-state index contributed by atoms with van der Waals surface area (Å²) in [5, 5.41) is 7.25. The molecule has 5 nitrogen and oxygen atoms in total. The van der Waals surface area contributed by atoms with Gasteiger partial charge in [-0.25, -0.2) is 4.68 Å². The zero-order valence-corrected chi connectivity index (χ0v) is 12.8. The summed E-state index contributed by atoms with van der Waals surface area (Å²) in [4.78, 5) is 12.3. The maximum Gasteiger partial charge on any atom is 0.260 e. The molecular weight excluding hydrogens is 278 g/mol. The summed E-state index contributed by atoms with van der Waals surface area (Å²) in [5.74, 6) is 1.62. The third-order valence-corrected chi connectivity index (χ3v) is 3.42. The first-order valence-electron chi connectivity index (χ1n) is 7.05. The minimum absolute atomic E-state index is 0.216. The van der Waals surface area contributed by atoms with Gasteiger partial charge in [-0.3, -0.25) is 4.79 Å². The number of nitrogens with zero attached hydrogens (tertiary/aromatic N) is 2. The fraction of sp³-hybridized carbons (Fsp3) is 0.176. The molecule has 3 aromatic rings. The first kappa shape index (κ1) is 14.1. The number of nitrogens with one attached hydrogen (secondary N) is 1. The molecule has 0 spiro atoms. The minimum atomic E-state index is -0.216. The van der Waals surface area contributed by atoms with Gasteiger partial charge in [-0.1, -0.05) is 18.2 Å². The highest BCUT2D eigenvalue weighted by atomic mass is 16.3. The summed E-state index contributed by atoms with van der Waals surface area (Å²) in [5.41, 5.74) is 2.43. The van der Waals surface area contributed by atoms with Gasteiger partial charge in [0.05, 0.1) is 11.3 Å². The summed E-state index contributed by atoms with van der Waals surface area (Å²) in [6, 6.07) is 13.4. The Morgan fingerprint density at radius 3 is 2.50 bits per heavy atom. The molecule has 0 saturated heterocycles. The van der Waals surface area contributed by atoms with E-state index in [0.29, 0.717) is 22.9 Å². The van der Waals surface area contributed by atoms with E-state index in [1.54, 1.807) is 17.7 Å². The largest absolute Gasteiger partial charge is 0.466 e. The second-order valence-corrected chi connectivity index (χ2v) is 5.20. The number of aryl methyl sites for hydroxylation is 3. The lowest BCUT2D eigenvalue weighted by atomic mass is 10.2. The molecule has 22 heavy (non-hydrogen) atoms. The van der Waals surface area contributed by atoms with E-state index in [-0.39, 0.29) is 5.91 Å². The molecule has 5 heteroatoms. The van der Waals surface area contributed by atoms with Crippen LogP contribution in [0.3, 0.4) is 0 Å². The van der Waals surface area contributed by atoms with Crippen LogP contribution in [0.15, 0.2) is 46.9 Å². The van der Waals surface area contributed by atoms with E-state index < -0.39 is 0 Å². The topological polar surface area (TPSA) is 60.1 Å². The molecule has 0 fully saturated rings. The standard InChI is InChI=1S/C17H17N3O2/c1-11-9-16(19-20(11)14-7-5-4-6-8-14)18-17(21)15-10-12(2)22-13(15)3/h4-10H,1-3H3,(H,18,19,21). The second-order valence-electron chi connectivity index (χ2n) is 5.20. The zero-order chi connectivity index (χ0) is 15.7. The summed E-state index contributed by atoms with van der Waals surface area (Å²) in [7, 11) is 0. The highest BCUT2D eigenvalue weighted by Crippen LogP contribution is 2.18. The second kappa shape index (κ2) is 5.52. The van der Waals surface area contributed by atoms with E-state index in [0.717, 1.165) is 11.4 Å². The van der Waals surface area contributed by atoms with Crippen molar-refractivity contribution in [3.8, 4) is 5.69 Å². The number of amides is 1. The van der Waals surface area contributed by atoms with Crippen molar-refractivity contribution < 1.29 is 9.21 Å². The number of hydrogen-bond donors (Lipinski definition) is 1. The average Bonchev–Trinajstić information content (AvgIpc) is 3.02. The summed E-state index contributed by atoms with van der Waals surface area (Å²) in [6.07, 6.45) is 0. The minimum Gasteiger partial charge on any atom is -0.466 e. The van der Waals surface area contributed by atoms with Gasteiger partial charge in [0, 0.05) is 11.8 Å². The van der Waals surface area contributed by atoms with Crippen molar-refractivity contribution in [2.45, 2.75) is 20.8 Å². The SMILES string of the molecule is Cc1cc(C(=O)Nc2cc(C)n(-c3ccccc3)n2)c(C)o1. The third-order valence-electron chi connectivity index (χ3n) is 3.42. The lowest BCUT2D eigenvalue weighted by molar-refractivity contribution is 0.102. The average molecular weight is 295 g/mol. The normalized spacial score (nSPS) is 10.7. The van der Waals surface area contributed by atoms with Crippen molar-refractivity contribution >= 4 is 11.7 Å². The van der Waals surface area contributed by atoms with Crippen LogP contribution in [-0.4, -0.2) is 15.7 Å². The molecule has 0 saturated carbocycles. The monoisotopic (exact) mass is 295 g/mol. The van der Waals surface area contributed by atoms with E-state index in [4.69, 9.17) is 4.42 Å². The Bertz CT molecular complexity index is 816. The van der Waals surface area contributed by atoms with Crippen LogP contribution in [0, 0.1) is 20.8 Å². The molecular formula is C17H17N3O2. The Kier molecular flexibility index (Phi) is 3.55. The van der Waals surface area contributed by atoms with Crippen LogP contribution in [0.25, 0.3) is 5.69 Å². The molecule has 0 bridgehead atoms. The van der Waals surface area contributed by atoms with Crippen LogP contribution in [-0.2, 0) is 0 Å². The number of rotatable bonds is 3. The molecule has 2 heterocycles. The molecule has 0 atom stereocenters. The molecule has 0 aliphatic heterocycles. The Balaban J connectivity index is 1.85. The Hall–Kier alpha value is -2.82. The smallest absolute Gasteiger partial charge is 0.260 e. The quantitative estimate of drug-likeness (QED) is 0.802. The van der Waals surface area contributed by atoms with Crippen molar-refractivity contribution in [2.24, 2.45) is 0 Å². The molecule has 1 N–H and O–H groups in total. The van der Waals surface area contributed by atoms with Crippen molar-refractivity contribution in [1.82, 2.24) is 9.78 Å². The van der Waals surface area contributed by atoms with Crippen LogP contribution in [0.2, 0.25) is 0 Å². The van der Waals surface area contributed by atoms with Crippen LogP contribution in [0.5, 0.6) is 0 Å². The van der Waals surface area contributed by atoms with Gasteiger partial charge in [-0.15, -0.1) is 5.10 Å². The van der Waals surface area contributed by atoms with Gasteiger partial charge < -0.3 is 9.73 Å². The first-order chi connectivity index (χ1) is 10.5. The zero-order valence-electron chi connectivity index (χ0n) is 12.8. The fourth-order valence-electron chi connectivity index (χ4n) is 2.41. The number of hydrogen-bond acceptors (Lipinski definition) is 3. The molecule has 112 valence electrons. The molecule has 2 aromatic heterocycles. The number of anilines is 1. The van der Waals surface area contributed by atoms with Gasteiger partial charge in [0.15, 0.2) is 5.82 Å². The van der Waals surface area contributed by atoms with Crippen LogP contribution >= 0.6 is 0 Å². The van der Waals surface area contributed by atoms with E-state index in [2.05, 4.69) is 10.4 Å². The molecule has 1 amide bonds. The molecule has 0 unspecified atom stereocenters. The van der Waals surface area contributed by atoms with E-state index in [1.807, 2.05) is 50.2 Å². The fourth-order valence-corrected chi connectivity index (χ4v) is 2.41. The maximum absolute atomic E-state index is 12.3. The maximum atomic E-state index is 12.3. The summed E-state index contributed by atoms with van der Waals surface area (Å²) >= 11 is 0. The van der Waals surface area contributed by atoms with Gasteiger partial charge in [0.1, 0.15) is 11.5 Å². The molecule has 0 aliphatic rings. The highest BCUT2D eigenvalue weighted by molar-refractivity contribution is 6.04. The number of carbonyl (C=O) groups is 1. The van der Waals surface area contributed by atoms with Gasteiger partial charge in [0.25, 0.3) is 5.91 Å². The van der Waals surface area contributed by atoms with Crippen molar-refractivity contribution in [3.05, 3.63) is 65.2 Å². The van der Waals surface area contributed by atoms with Gasteiger partial charge in [-0.05, 0) is 39.0 Å². The van der Waals surface area contributed by atoms with E-state index in [1.165, 1.54) is 0 Å². The van der Waals surface area contributed by atoms with Gasteiger partial charge in [-0.2, -0.15) is 0 Å². The van der Waals surface area contributed by atoms with Crippen molar-refractivity contribution in [3.63, 3.8) is 0 Å². The summed E-state index contributed by atoms with van der Waals surface area (Å²) in [6.45, 7) is 5.54. The number of furan rings is 1. The van der Waals surface area contributed by atoms with Gasteiger partial charge >= 0.3 is 0 Å².